The fourth-order valence-electron chi connectivity index (χ4n) is 5.06. The number of aryl methyl sites for hydroxylation is 2. The van der Waals surface area contributed by atoms with Crippen LogP contribution < -0.4 is 19.9 Å². The number of fused-ring (bicyclic) bond motifs is 4. The molecule has 8 heteroatoms. The van der Waals surface area contributed by atoms with E-state index < -0.39 is 5.92 Å². The molecule has 3 aromatic carbocycles. The van der Waals surface area contributed by atoms with E-state index in [9.17, 15) is 14.4 Å². The molecule has 6 rings (SSSR count). The van der Waals surface area contributed by atoms with Gasteiger partial charge in [0.2, 0.25) is 5.78 Å². The Morgan fingerprint density at radius 2 is 1.72 bits per heavy atom. The van der Waals surface area contributed by atoms with Gasteiger partial charge in [-0.05, 0) is 42.0 Å². The average Bonchev–Trinajstić information content (AvgIpc) is 3.31. The zero-order valence-corrected chi connectivity index (χ0v) is 19.9. The number of carbonyl (C=O) groups is 2. The Morgan fingerprint density at radius 1 is 0.944 bits per heavy atom. The minimum absolute atomic E-state index is 0.0822. The monoisotopic (exact) mass is 482 g/mol. The van der Waals surface area contributed by atoms with Gasteiger partial charge in [0.05, 0.1) is 30.1 Å². The number of ketones is 1. The van der Waals surface area contributed by atoms with E-state index >= 15 is 0 Å². The normalized spacial score (nSPS) is 17.6. The predicted molar refractivity (Wildman–Crippen MR) is 133 cm³/mol. The first-order chi connectivity index (χ1) is 17.4. The lowest BCUT2D eigenvalue weighted by Crippen LogP contribution is -2.21. The van der Waals surface area contributed by atoms with Crippen LogP contribution in [-0.2, 0) is 18.9 Å². The van der Waals surface area contributed by atoms with E-state index in [0.29, 0.717) is 33.9 Å². The number of ether oxygens (including phenoxy) is 3. The molecule has 8 nitrogen and oxygen atoms in total. The number of aromatic nitrogens is 2. The second kappa shape index (κ2) is 7.98. The number of esters is 1. The van der Waals surface area contributed by atoms with Crippen LogP contribution in [0.25, 0.3) is 17.1 Å². The molecule has 2 aliphatic heterocycles. The van der Waals surface area contributed by atoms with Gasteiger partial charge in [-0.2, -0.15) is 0 Å². The number of allylic oxidation sites excluding steroid dienone is 1. The quantitative estimate of drug-likeness (QED) is 0.250. The summed E-state index contributed by atoms with van der Waals surface area (Å²) < 4.78 is 20.2. The van der Waals surface area contributed by atoms with Gasteiger partial charge in [0, 0.05) is 31.1 Å². The van der Waals surface area contributed by atoms with Crippen LogP contribution in [0.5, 0.6) is 17.2 Å². The summed E-state index contributed by atoms with van der Waals surface area (Å²) in [5.41, 5.74) is 4.00. The third-order valence-electron chi connectivity index (χ3n) is 6.90. The van der Waals surface area contributed by atoms with Crippen molar-refractivity contribution in [2.45, 2.75) is 12.3 Å². The van der Waals surface area contributed by atoms with Crippen molar-refractivity contribution in [2.75, 3.05) is 7.11 Å². The van der Waals surface area contributed by atoms with Crippen LogP contribution in [-0.4, -0.2) is 28.0 Å². The minimum atomic E-state index is -0.408. The summed E-state index contributed by atoms with van der Waals surface area (Å²) in [7, 11) is 5.00. The molecule has 0 saturated heterocycles. The molecule has 0 unspecified atom stereocenters. The fraction of sp³-hybridized carbons (Fsp3) is 0.179. The molecule has 3 heterocycles. The number of para-hydroxylation sites is 1. The highest BCUT2D eigenvalue weighted by Crippen LogP contribution is 2.49. The Hall–Kier alpha value is -4.59. The van der Waals surface area contributed by atoms with Crippen molar-refractivity contribution in [2.24, 2.45) is 14.1 Å². The zero-order chi connectivity index (χ0) is 25.1. The van der Waals surface area contributed by atoms with Gasteiger partial charge in [0.1, 0.15) is 17.2 Å². The molecule has 4 aromatic rings. The van der Waals surface area contributed by atoms with Gasteiger partial charge in [-0.1, -0.05) is 24.3 Å². The van der Waals surface area contributed by atoms with Gasteiger partial charge in [-0.3, -0.25) is 18.7 Å². The van der Waals surface area contributed by atoms with Crippen molar-refractivity contribution in [3.05, 3.63) is 93.1 Å². The Labute approximate surface area is 205 Å². The van der Waals surface area contributed by atoms with Crippen molar-refractivity contribution in [1.82, 2.24) is 9.13 Å². The lowest BCUT2D eigenvalue weighted by atomic mass is 9.84. The first-order valence-corrected chi connectivity index (χ1v) is 11.5. The van der Waals surface area contributed by atoms with Gasteiger partial charge in [0.15, 0.2) is 5.76 Å². The standard InChI is InChI=1S/C28H22N2O6/c1-29-19-10-8-15(12-20(19)30(2)28(29)33)18-14-24(31)35-22-11-9-17-26(32)23(36-27(17)25(18)22)13-16-6-4-5-7-21(16)34-3/h4-13,18H,14H2,1-3H3/b23-13-/t18-/m1/s1. The van der Waals surface area contributed by atoms with Gasteiger partial charge in [0.25, 0.3) is 0 Å². The summed E-state index contributed by atoms with van der Waals surface area (Å²) in [6, 6.07) is 16.3. The van der Waals surface area contributed by atoms with E-state index in [0.717, 1.165) is 16.6 Å². The van der Waals surface area contributed by atoms with Gasteiger partial charge in [-0.15, -0.1) is 0 Å². The molecule has 2 aliphatic rings. The number of benzene rings is 3. The van der Waals surface area contributed by atoms with Crippen molar-refractivity contribution < 1.29 is 23.8 Å². The molecule has 1 aromatic heterocycles. The highest BCUT2D eigenvalue weighted by atomic mass is 16.5. The van der Waals surface area contributed by atoms with E-state index in [1.807, 2.05) is 42.5 Å². The Balaban J connectivity index is 1.49. The number of nitrogens with zero attached hydrogens (tertiary/aromatic N) is 2. The minimum Gasteiger partial charge on any atom is -0.496 e. The van der Waals surface area contributed by atoms with Crippen molar-refractivity contribution in [3.8, 4) is 17.2 Å². The SMILES string of the molecule is COc1ccccc1/C=C1\Oc2c(ccc3c2[C@@H](c2ccc4c(c2)n(C)c(=O)n4C)CC(=O)O3)C1=O. The lowest BCUT2D eigenvalue weighted by Gasteiger charge is -2.26. The maximum absolute atomic E-state index is 13.3. The molecule has 0 fully saturated rings. The molecule has 0 amide bonds. The fourth-order valence-corrected chi connectivity index (χ4v) is 5.06. The molecule has 180 valence electrons. The van der Waals surface area contributed by atoms with E-state index in [1.54, 1.807) is 48.5 Å². The topological polar surface area (TPSA) is 88.8 Å². The molecule has 0 spiro atoms. The van der Waals surface area contributed by atoms with E-state index in [2.05, 4.69) is 0 Å². The van der Waals surface area contributed by atoms with E-state index in [-0.39, 0.29) is 29.6 Å². The summed E-state index contributed by atoms with van der Waals surface area (Å²) in [6.07, 6.45) is 1.74. The van der Waals surface area contributed by atoms with E-state index in [4.69, 9.17) is 14.2 Å². The third kappa shape index (κ3) is 3.18. The molecular formula is C28H22N2O6. The molecule has 0 N–H and O–H groups in total. The van der Waals surface area contributed by atoms with Crippen molar-refractivity contribution in [1.29, 1.82) is 0 Å². The summed E-state index contributed by atoms with van der Waals surface area (Å²) in [6.45, 7) is 0. The number of hydrogen-bond acceptors (Lipinski definition) is 6. The van der Waals surface area contributed by atoms with Crippen LogP contribution in [0, 0.1) is 0 Å². The highest BCUT2D eigenvalue weighted by Gasteiger charge is 2.38. The van der Waals surface area contributed by atoms with Gasteiger partial charge >= 0.3 is 11.7 Å². The second-order valence-corrected chi connectivity index (χ2v) is 8.92. The number of carbonyl (C=O) groups excluding carboxylic acids is 2. The number of rotatable bonds is 3. The number of hydrogen-bond donors (Lipinski definition) is 0. The maximum Gasteiger partial charge on any atom is 0.328 e. The van der Waals surface area contributed by atoms with Crippen LogP contribution in [0.1, 0.15) is 39.4 Å². The predicted octanol–water partition coefficient (Wildman–Crippen LogP) is 3.94. The molecule has 0 radical (unpaired) electrons. The van der Waals surface area contributed by atoms with Crippen molar-refractivity contribution >= 4 is 28.9 Å². The largest absolute Gasteiger partial charge is 0.496 e. The van der Waals surface area contributed by atoms with Crippen LogP contribution in [0.15, 0.2) is 65.2 Å². The van der Waals surface area contributed by atoms with Crippen LogP contribution in [0.3, 0.4) is 0 Å². The zero-order valence-electron chi connectivity index (χ0n) is 19.9. The summed E-state index contributed by atoms with van der Waals surface area (Å²) in [5, 5.41) is 0. The molecule has 0 aliphatic carbocycles. The number of Topliss-reactive ketones (excluding diaryl/α,β-unsaturated/α-hetero) is 1. The van der Waals surface area contributed by atoms with Crippen LogP contribution in [0.4, 0.5) is 0 Å². The molecular weight excluding hydrogens is 460 g/mol. The molecule has 1 atom stereocenters. The maximum atomic E-state index is 13.3. The van der Waals surface area contributed by atoms with Crippen LogP contribution >= 0.6 is 0 Å². The number of methoxy groups -OCH3 is 1. The summed E-state index contributed by atoms with van der Waals surface area (Å²) in [4.78, 5) is 38.2. The number of imidazole rings is 1. The average molecular weight is 482 g/mol. The molecule has 0 bridgehead atoms. The third-order valence-corrected chi connectivity index (χ3v) is 6.90. The summed E-state index contributed by atoms with van der Waals surface area (Å²) >= 11 is 0. The lowest BCUT2D eigenvalue weighted by molar-refractivity contribution is -0.135. The van der Waals surface area contributed by atoms with E-state index in [1.165, 1.54) is 0 Å². The van der Waals surface area contributed by atoms with Gasteiger partial charge < -0.3 is 14.2 Å². The Bertz CT molecular complexity index is 1690. The van der Waals surface area contributed by atoms with Crippen molar-refractivity contribution in [3.63, 3.8) is 0 Å². The summed E-state index contributed by atoms with van der Waals surface area (Å²) in [5.74, 6) is 0.502. The first kappa shape index (κ1) is 21.9. The second-order valence-electron chi connectivity index (χ2n) is 8.92. The first-order valence-electron chi connectivity index (χ1n) is 11.5. The molecule has 0 saturated carbocycles. The smallest absolute Gasteiger partial charge is 0.328 e. The molecule has 36 heavy (non-hydrogen) atoms. The Morgan fingerprint density at radius 3 is 2.53 bits per heavy atom. The van der Waals surface area contributed by atoms with Crippen LogP contribution in [0.2, 0.25) is 0 Å². The van der Waals surface area contributed by atoms with Gasteiger partial charge in [-0.25, -0.2) is 4.79 Å². The highest BCUT2D eigenvalue weighted by molar-refractivity contribution is 6.15. The Kier molecular flexibility index (Phi) is 4.86.